The van der Waals surface area contributed by atoms with Crippen molar-refractivity contribution in [3.05, 3.63) is 198 Å². The van der Waals surface area contributed by atoms with E-state index in [-0.39, 0.29) is 10.8 Å². The van der Waals surface area contributed by atoms with E-state index >= 15 is 0 Å². The molecule has 11 rings (SSSR count). The Morgan fingerprint density at radius 1 is 0.393 bits per heavy atom. The van der Waals surface area contributed by atoms with E-state index in [2.05, 4.69) is 209 Å². The van der Waals surface area contributed by atoms with Gasteiger partial charge >= 0.3 is 0 Å². The number of anilines is 3. The average Bonchev–Trinajstić information content (AvgIpc) is 3.82. The predicted octanol–water partition coefficient (Wildman–Crippen LogP) is 15.0. The number of hydrogen-bond acceptors (Lipinski definition) is 2. The van der Waals surface area contributed by atoms with Crippen LogP contribution < -0.4 is 4.90 Å². The zero-order chi connectivity index (χ0) is 37.8. The highest BCUT2D eigenvalue weighted by molar-refractivity contribution is 6.12. The van der Waals surface area contributed by atoms with Gasteiger partial charge in [0.1, 0.15) is 5.58 Å². The SMILES string of the molecule is CC1(C)c2ccccc2-c2ccc(N(c3cccc(-c4ccccc4)c3-c3cccc4c3-c3ccccc3C4(C)C)c3cccc4c3oc3ccccc34)cc21. The average molecular weight is 720 g/mol. The first-order valence-corrected chi connectivity index (χ1v) is 19.7. The molecular formula is C54H41NO. The topological polar surface area (TPSA) is 16.4 Å². The fraction of sp³-hybridized carbons (Fsp3) is 0.111. The third-order valence-electron chi connectivity index (χ3n) is 12.7. The molecule has 0 fully saturated rings. The minimum absolute atomic E-state index is 0.135. The Balaban J connectivity index is 1.26. The van der Waals surface area contributed by atoms with Crippen LogP contribution in [0.25, 0.3) is 66.4 Å². The van der Waals surface area contributed by atoms with Gasteiger partial charge in [0.05, 0.1) is 11.4 Å². The van der Waals surface area contributed by atoms with E-state index in [0.29, 0.717) is 0 Å². The maximum Gasteiger partial charge on any atom is 0.159 e. The third-order valence-corrected chi connectivity index (χ3v) is 12.7. The molecule has 0 saturated heterocycles. The second-order valence-electron chi connectivity index (χ2n) is 16.5. The van der Waals surface area contributed by atoms with Crippen LogP contribution in [0.1, 0.15) is 49.9 Å². The quantitative estimate of drug-likeness (QED) is 0.176. The van der Waals surface area contributed by atoms with Crippen molar-refractivity contribution in [1.29, 1.82) is 0 Å². The zero-order valence-electron chi connectivity index (χ0n) is 32.1. The molecular weight excluding hydrogens is 679 g/mol. The van der Waals surface area contributed by atoms with Crippen molar-refractivity contribution in [2.45, 2.75) is 38.5 Å². The molecule has 0 saturated carbocycles. The van der Waals surface area contributed by atoms with Gasteiger partial charge in [0.15, 0.2) is 5.58 Å². The van der Waals surface area contributed by atoms with Gasteiger partial charge in [-0.2, -0.15) is 0 Å². The van der Waals surface area contributed by atoms with Gasteiger partial charge in [-0.05, 0) is 91.5 Å². The molecule has 0 amide bonds. The van der Waals surface area contributed by atoms with Crippen LogP contribution >= 0.6 is 0 Å². The molecule has 2 nitrogen and oxygen atoms in total. The molecule has 0 bridgehead atoms. The molecule has 1 heterocycles. The summed E-state index contributed by atoms with van der Waals surface area (Å²) in [6, 6.07) is 64.6. The van der Waals surface area contributed by atoms with Crippen LogP contribution in [0.3, 0.4) is 0 Å². The number of fused-ring (bicyclic) bond motifs is 9. The molecule has 0 N–H and O–H groups in total. The molecule has 0 atom stereocenters. The van der Waals surface area contributed by atoms with Crippen LogP contribution in [0.4, 0.5) is 17.1 Å². The van der Waals surface area contributed by atoms with Crippen molar-refractivity contribution in [3.8, 4) is 44.5 Å². The molecule has 2 heteroatoms. The van der Waals surface area contributed by atoms with Crippen molar-refractivity contribution in [2.24, 2.45) is 0 Å². The summed E-state index contributed by atoms with van der Waals surface area (Å²) >= 11 is 0. The van der Waals surface area contributed by atoms with E-state index in [1.807, 2.05) is 0 Å². The Bertz CT molecular complexity index is 3030. The van der Waals surface area contributed by atoms with Crippen molar-refractivity contribution in [1.82, 2.24) is 0 Å². The standard InChI is InChI=1S/C54H41NO/c1-53(2)44-26-12-9-21-41(44)50-42(24-14-27-45(50)53)51-36(34-17-6-5-7-18-34)22-15-28-47(51)55(48-29-16-23-40-39-20-10-13-30-49(39)56-52(40)48)35-31-32-38-37-19-8-11-25-43(37)54(3,4)46(38)33-35/h5-33H,1-4H3. The number of furan rings is 1. The number of benzene rings is 8. The van der Waals surface area contributed by atoms with Crippen LogP contribution in [-0.4, -0.2) is 0 Å². The molecule has 0 unspecified atom stereocenters. The molecule has 2 aliphatic carbocycles. The first-order valence-electron chi connectivity index (χ1n) is 19.7. The van der Waals surface area contributed by atoms with Crippen LogP contribution in [0.2, 0.25) is 0 Å². The smallest absolute Gasteiger partial charge is 0.159 e. The van der Waals surface area contributed by atoms with Gasteiger partial charge in [0.25, 0.3) is 0 Å². The van der Waals surface area contributed by atoms with Crippen molar-refractivity contribution in [3.63, 3.8) is 0 Å². The first-order chi connectivity index (χ1) is 27.3. The third kappa shape index (κ3) is 4.56. The van der Waals surface area contributed by atoms with Gasteiger partial charge < -0.3 is 9.32 Å². The summed E-state index contributed by atoms with van der Waals surface area (Å²) in [5, 5.41) is 2.22. The van der Waals surface area contributed by atoms with Gasteiger partial charge in [0, 0.05) is 32.9 Å². The van der Waals surface area contributed by atoms with E-state index in [4.69, 9.17) is 4.42 Å². The van der Waals surface area contributed by atoms with Gasteiger partial charge in [-0.1, -0.05) is 173 Å². The molecule has 0 radical (unpaired) electrons. The normalized spacial score (nSPS) is 14.4. The molecule has 8 aromatic carbocycles. The van der Waals surface area contributed by atoms with Gasteiger partial charge in [0.2, 0.25) is 0 Å². The second kappa shape index (κ2) is 11.9. The number of rotatable bonds is 5. The number of nitrogens with zero attached hydrogens (tertiary/aromatic N) is 1. The fourth-order valence-electron chi connectivity index (χ4n) is 9.98. The monoisotopic (exact) mass is 719 g/mol. The van der Waals surface area contributed by atoms with Crippen LogP contribution in [0.15, 0.2) is 180 Å². The molecule has 9 aromatic rings. The zero-order valence-corrected chi connectivity index (χ0v) is 32.1. The molecule has 0 aliphatic heterocycles. The van der Waals surface area contributed by atoms with Gasteiger partial charge in [-0.25, -0.2) is 0 Å². The van der Waals surface area contributed by atoms with Crippen molar-refractivity contribution >= 4 is 39.0 Å². The molecule has 56 heavy (non-hydrogen) atoms. The summed E-state index contributed by atoms with van der Waals surface area (Å²) in [5.74, 6) is 0. The van der Waals surface area contributed by atoms with Crippen molar-refractivity contribution < 1.29 is 4.42 Å². The van der Waals surface area contributed by atoms with Gasteiger partial charge in [-0.15, -0.1) is 0 Å². The molecule has 1 aromatic heterocycles. The highest BCUT2D eigenvalue weighted by Gasteiger charge is 2.39. The van der Waals surface area contributed by atoms with Crippen LogP contribution in [0.5, 0.6) is 0 Å². The Hall–Kier alpha value is -6.64. The maximum absolute atomic E-state index is 6.86. The van der Waals surface area contributed by atoms with E-state index in [1.165, 1.54) is 66.8 Å². The Kier molecular flexibility index (Phi) is 6.98. The van der Waals surface area contributed by atoms with E-state index < -0.39 is 0 Å². The summed E-state index contributed by atoms with van der Waals surface area (Å²) < 4.78 is 6.86. The van der Waals surface area contributed by atoms with Gasteiger partial charge in [-0.3, -0.25) is 0 Å². The molecule has 0 spiro atoms. The largest absolute Gasteiger partial charge is 0.454 e. The van der Waals surface area contributed by atoms with E-state index in [9.17, 15) is 0 Å². The van der Waals surface area contributed by atoms with Crippen LogP contribution in [-0.2, 0) is 10.8 Å². The van der Waals surface area contributed by atoms with Crippen LogP contribution in [0, 0.1) is 0 Å². The lowest BCUT2D eigenvalue weighted by Gasteiger charge is -2.31. The summed E-state index contributed by atoms with van der Waals surface area (Å²) in [4.78, 5) is 2.47. The second-order valence-corrected chi connectivity index (χ2v) is 16.5. The summed E-state index contributed by atoms with van der Waals surface area (Å²) in [5.41, 5.74) is 20.1. The van der Waals surface area contributed by atoms with E-state index in [0.717, 1.165) is 39.0 Å². The summed E-state index contributed by atoms with van der Waals surface area (Å²) in [7, 11) is 0. The number of hydrogen-bond donors (Lipinski definition) is 0. The minimum Gasteiger partial charge on any atom is -0.454 e. The summed E-state index contributed by atoms with van der Waals surface area (Å²) in [6.45, 7) is 9.45. The number of para-hydroxylation sites is 2. The first kappa shape index (κ1) is 32.8. The Morgan fingerprint density at radius 3 is 1.80 bits per heavy atom. The van der Waals surface area contributed by atoms with E-state index in [1.54, 1.807) is 0 Å². The highest BCUT2D eigenvalue weighted by Crippen LogP contribution is 2.57. The predicted molar refractivity (Wildman–Crippen MR) is 234 cm³/mol. The Morgan fingerprint density at radius 2 is 0.964 bits per heavy atom. The Labute approximate surface area is 328 Å². The lowest BCUT2D eigenvalue weighted by molar-refractivity contribution is 0.660. The highest BCUT2D eigenvalue weighted by atomic mass is 16.3. The molecule has 2 aliphatic rings. The molecule has 268 valence electrons. The lowest BCUT2D eigenvalue weighted by atomic mass is 9.81. The summed E-state index contributed by atoms with van der Waals surface area (Å²) in [6.07, 6.45) is 0. The minimum atomic E-state index is -0.163. The lowest BCUT2D eigenvalue weighted by Crippen LogP contribution is -2.17. The maximum atomic E-state index is 6.86. The van der Waals surface area contributed by atoms with Crippen molar-refractivity contribution in [2.75, 3.05) is 4.90 Å². The fourth-order valence-corrected chi connectivity index (χ4v) is 9.98.